The minimum atomic E-state index is -0.715. The summed E-state index contributed by atoms with van der Waals surface area (Å²) in [6.45, 7) is 4.18. The van der Waals surface area contributed by atoms with Gasteiger partial charge in [-0.05, 0) is 32.0 Å². The predicted octanol–water partition coefficient (Wildman–Crippen LogP) is 2.51. The van der Waals surface area contributed by atoms with E-state index in [-0.39, 0.29) is 0 Å². The number of benzene rings is 1. The summed E-state index contributed by atoms with van der Waals surface area (Å²) in [7, 11) is 0. The number of nitrogens with zero attached hydrogens (tertiary/aromatic N) is 5. The fourth-order valence-corrected chi connectivity index (χ4v) is 2.92. The van der Waals surface area contributed by atoms with E-state index in [2.05, 4.69) is 15.1 Å². The smallest absolute Gasteiger partial charge is 0.179 e. The molecule has 0 saturated heterocycles. The Hall–Kier alpha value is -2.18. The lowest BCUT2D eigenvalue weighted by Gasteiger charge is -2.08. The highest BCUT2D eigenvalue weighted by molar-refractivity contribution is 6.31. The lowest BCUT2D eigenvalue weighted by atomic mass is 10.1. The van der Waals surface area contributed by atoms with E-state index in [1.165, 1.54) is 0 Å². The summed E-state index contributed by atoms with van der Waals surface area (Å²) >= 11 is 6.17. The fourth-order valence-electron chi connectivity index (χ4n) is 2.75. The highest BCUT2D eigenvalue weighted by Crippen LogP contribution is 2.33. The van der Waals surface area contributed by atoms with Gasteiger partial charge in [-0.15, -0.1) is 0 Å². The first-order valence-electron chi connectivity index (χ1n) is 7.00. The first-order valence-corrected chi connectivity index (χ1v) is 7.38. The van der Waals surface area contributed by atoms with Gasteiger partial charge in [-0.2, -0.15) is 5.10 Å². The summed E-state index contributed by atoms with van der Waals surface area (Å²) in [5, 5.41) is 14.8. The van der Waals surface area contributed by atoms with E-state index < -0.39 is 6.10 Å². The summed E-state index contributed by atoms with van der Waals surface area (Å²) < 4.78 is 3.84. The molecule has 6 nitrogen and oxygen atoms in total. The molecule has 0 saturated carbocycles. The fraction of sp³-hybridized carbons (Fsp3) is 0.267. The first kappa shape index (κ1) is 13.5. The van der Waals surface area contributed by atoms with Crippen molar-refractivity contribution in [3.63, 3.8) is 0 Å². The highest BCUT2D eigenvalue weighted by atomic mass is 35.5. The number of aryl methyl sites for hydroxylation is 1. The largest absolute Gasteiger partial charge is 0.385 e. The number of hydrogen-bond acceptors (Lipinski definition) is 4. The Kier molecular flexibility index (Phi) is 2.85. The zero-order valence-electron chi connectivity index (χ0n) is 12.2. The normalized spacial score (nSPS) is 14.0. The molecule has 0 fully saturated rings. The van der Waals surface area contributed by atoms with Crippen LogP contribution in [-0.4, -0.2) is 29.4 Å². The topological polar surface area (TPSA) is 68.8 Å². The number of hydrogen-bond donors (Lipinski definition) is 1. The van der Waals surface area contributed by atoms with Crippen molar-refractivity contribution in [2.45, 2.75) is 26.5 Å². The van der Waals surface area contributed by atoms with Crippen LogP contribution in [0.3, 0.4) is 0 Å². The molecule has 1 aliphatic rings. The van der Waals surface area contributed by atoms with Crippen LogP contribution in [0, 0.1) is 6.92 Å². The van der Waals surface area contributed by atoms with Crippen LogP contribution in [0.1, 0.15) is 30.2 Å². The van der Waals surface area contributed by atoms with Crippen molar-refractivity contribution in [3.8, 4) is 17.1 Å². The maximum Gasteiger partial charge on any atom is 0.179 e. The van der Waals surface area contributed by atoms with Crippen LogP contribution in [0.15, 0.2) is 24.5 Å². The molecule has 112 valence electrons. The van der Waals surface area contributed by atoms with Crippen LogP contribution in [0.5, 0.6) is 0 Å². The second-order valence-corrected chi connectivity index (χ2v) is 5.87. The van der Waals surface area contributed by atoms with E-state index >= 15 is 0 Å². The Morgan fingerprint density at radius 2 is 2.18 bits per heavy atom. The van der Waals surface area contributed by atoms with Gasteiger partial charge in [0.25, 0.3) is 0 Å². The van der Waals surface area contributed by atoms with E-state index in [4.69, 9.17) is 11.6 Å². The van der Waals surface area contributed by atoms with Crippen molar-refractivity contribution in [2.24, 2.45) is 0 Å². The van der Waals surface area contributed by atoms with Crippen molar-refractivity contribution in [2.75, 3.05) is 0 Å². The molecule has 0 radical (unpaired) electrons. The van der Waals surface area contributed by atoms with Gasteiger partial charge < -0.3 is 9.67 Å². The minimum Gasteiger partial charge on any atom is -0.385 e. The third kappa shape index (κ3) is 1.88. The first-order chi connectivity index (χ1) is 10.5. The van der Waals surface area contributed by atoms with E-state index in [0.717, 1.165) is 22.6 Å². The molecule has 3 aromatic rings. The van der Waals surface area contributed by atoms with Crippen LogP contribution >= 0.6 is 11.6 Å². The van der Waals surface area contributed by atoms with E-state index in [0.29, 0.717) is 23.2 Å². The monoisotopic (exact) mass is 315 g/mol. The Balaban J connectivity index is 2.05. The van der Waals surface area contributed by atoms with Gasteiger partial charge in [0.2, 0.25) is 0 Å². The SMILES string of the molecule is Cc1ncn2c1Cn1nc(C(C)O)nc1-c1cc(Cl)ccc1-2. The second kappa shape index (κ2) is 4.66. The number of aliphatic hydroxyl groups is 1. The zero-order chi connectivity index (χ0) is 15.4. The number of aliphatic hydroxyl groups excluding tert-OH is 1. The molecule has 1 aliphatic heterocycles. The maximum atomic E-state index is 9.77. The standard InChI is InChI=1S/C15H14ClN5O/c1-8-13-6-21-15(18-14(19-21)9(2)22)11-5-10(16)3-4-12(11)20(13)7-17-8/h3-5,7,9,22H,6H2,1-2H3. The number of fused-ring (bicyclic) bond motifs is 5. The van der Waals surface area contributed by atoms with Crippen LogP contribution in [0.2, 0.25) is 5.02 Å². The van der Waals surface area contributed by atoms with Crippen molar-refractivity contribution in [3.05, 3.63) is 46.8 Å². The van der Waals surface area contributed by atoms with E-state index in [1.807, 2.05) is 29.7 Å². The quantitative estimate of drug-likeness (QED) is 0.586. The summed E-state index contributed by atoms with van der Waals surface area (Å²) in [5.74, 6) is 1.11. The minimum absolute atomic E-state index is 0.409. The molecule has 3 heterocycles. The van der Waals surface area contributed by atoms with E-state index in [1.54, 1.807) is 17.9 Å². The molecule has 2 aromatic heterocycles. The third-order valence-electron chi connectivity index (χ3n) is 3.90. The second-order valence-electron chi connectivity index (χ2n) is 5.44. The van der Waals surface area contributed by atoms with Crippen LogP contribution in [0.25, 0.3) is 17.1 Å². The Morgan fingerprint density at radius 1 is 1.36 bits per heavy atom. The Labute approximate surface area is 132 Å². The molecule has 4 rings (SSSR count). The number of imidazole rings is 1. The number of rotatable bonds is 1. The van der Waals surface area contributed by atoms with Gasteiger partial charge in [0.1, 0.15) is 6.10 Å². The summed E-state index contributed by atoms with van der Waals surface area (Å²) in [5.41, 5.74) is 3.83. The maximum absolute atomic E-state index is 9.77. The van der Waals surface area contributed by atoms with Gasteiger partial charge >= 0.3 is 0 Å². The molecule has 0 amide bonds. The average Bonchev–Trinajstić information content (AvgIpc) is 3.02. The zero-order valence-corrected chi connectivity index (χ0v) is 12.9. The highest BCUT2D eigenvalue weighted by Gasteiger charge is 2.24. The van der Waals surface area contributed by atoms with Gasteiger partial charge in [-0.25, -0.2) is 14.6 Å². The van der Waals surface area contributed by atoms with Crippen molar-refractivity contribution in [1.82, 2.24) is 24.3 Å². The molecule has 0 spiro atoms. The van der Waals surface area contributed by atoms with Crippen molar-refractivity contribution >= 4 is 11.6 Å². The van der Waals surface area contributed by atoms with Crippen LogP contribution in [-0.2, 0) is 6.54 Å². The van der Waals surface area contributed by atoms with Gasteiger partial charge in [-0.3, -0.25) is 0 Å². The van der Waals surface area contributed by atoms with E-state index in [9.17, 15) is 5.11 Å². The van der Waals surface area contributed by atoms with Gasteiger partial charge in [-0.1, -0.05) is 11.6 Å². The Morgan fingerprint density at radius 3 is 2.95 bits per heavy atom. The molecule has 1 unspecified atom stereocenters. The Bertz CT molecular complexity index is 880. The summed E-state index contributed by atoms with van der Waals surface area (Å²) in [4.78, 5) is 8.89. The summed E-state index contributed by atoms with van der Waals surface area (Å²) in [6.07, 6.45) is 1.09. The van der Waals surface area contributed by atoms with Crippen molar-refractivity contribution < 1.29 is 5.11 Å². The van der Waals surface area contributed by atoms with Crippen LogP contribution in [0.4, 0.5) is 0 Å². The molecule has 1 atom stereocenters. The average molecular weight is 316 g/mol. The molecule has 1 N–H and O–H groups in total. The molecule has 7 heteroatoms. The molecule has 0 bridgehead atoms. The molecule has 1 aromatic carbocycles. The molecule has 0 aliphatic carbocycles. The lowest BCUT2D eigenvalue weighted by molar-refractivity contribution is 0.188. The van der Waals surface area contributed by atoms with Gasteiger partial charge in [0.05, 0.1) is 29.9 Å². The van der Waals surface area contributed by atoms with Gasteiger partial charge in [0.15, 0.2) is 11.6 Å². The molecular formula is C15H14ClN5O. The third-order valence-corrected chi connectivity index (χ3v) is 4.13. The van der Waals surface area contributed by atoms with Crippen molar-refractivity contribution in [1.29, 1.82) is 0 Å². The van der Waals surface area contributed by atoms with Gasteiger partial charge in [0, 0.05) is 10.6 Å². The number of halogens is 1. The lowest BCUT2D eigenvalue weighted by Crippen LogP contribution is -2.06. The number of aromatic nitrogens is 5. The summed E-state index contributed by atoms with van der Waals surface area (Å²) in [6, 6.07) is 5.67. The van der Waals surface area contributed by atoms with Crippen LogP contribution < -0.4 is 0 Å². The molecular weight excluding hydrogens is 302 g/mol. The predicted molar refractivity (Wildman–Crippen MR) is 82.1 cm³/mol. The molecule has 22 heavy (non-hydrogen) atoms.